The Balaban J connectivity index is 2.78. The summed E-state index contributed by atoms with van der Waals surface area (Å²) in [7, 11) is 0. The number of carbonyl (C=O) groups is 1. The molecule has 0 radical (unpaired) electrons. The Morgan fingerprint density at radius 1 is 1.62 bits per heavy atom. The lowest BCUT2D eigenvalue weighted by molar-refractivity contribution is -0.110. The first-order valence-electron chi connectivity index (χ1n) is 3.86. The van der Waals surface area contributed by atoms with E-state index in [1.807, 2.05) is 0 Å². The molecule has 0 amide bonds. The number of ether oxygens (including phenoxy) is 1. The van der Waals surface area contributed by atoms with Crippen LogP contribution < -0.4 is 0 Å². The number of carbonyl (C=O) groups excluding carboxylic acids is 1. The second-order valence-electron chi connectivity index (χ2n) is 2.62. The van der Waals surface area contributed by atoms with Crippen LogP contribution in [0.5, 0.6) is 0 Å². The SMILES string of the molecule is C#CCOC1(C=C)C=CC(=O)C=C1. The van der Waals surface area contributed by atoms with E-state index >= 15 is 0 Å². The molecule has 0 aromatic heterocycles. The van der Waals surface area contributed by atoms with E-state index in [1.165, 1.54) is 12.2 Å². The number of terminal acetylenes is 1. The van der Waals surface area contributed by atoms with Crippen LogP contribution in [0, 0.1) is 12.3 Å². The summed E-state index contributed by atoms with van der Waals surface area (Å²) in [5, 5.41) is 0. The molecular weight excluding hydrogens is 164 g/mol. The van der Waals surface area contributed by atoms with Gasteiger partial charge >= 0.3 is 0 Å². The van der Waals surface area contributed by atoms with E-state index in [0.717, 1.165) is 0 Å². The largest absolute Gasteiger partial charge is 0.350 e. The van der Waals surface area contributed by atoms with Crippen LogP contribution in [0.2, 0.25) is 0 Å². The monoisotopic (exact) mass is 174 g/mol. The van der Waals surface area contributed by atoms with Gasteiger partial charge in [0.2, 0.25) is 0 Å². The highest BCUT2D eigenvalue weighted by Crippen LogP contribution is 2.19. The fourth-order valence-electron chi connectivity index (χ4n) is 0.994. The molecule has 1 aliphatic rings. The quantitative estimate of drug-likeness (QED) is 0.475. The molecule has 2 nitrogen and oxygen atoms in total. The minimum atomic E-state index is -0.708. The summed E-state index contributed by atoms with van der Waals surface area (Å²) in [4.78, 5) is 10.8. The summed E-state index contributed by atoms with van der Waals surface area (Å²) < 4.78 is 5.34. The van der Waals surface area contributed by atoms with Crippen molar-refractivity contribution < 1.29 is 9.53 Å². The van der Waals surface area contributed by atoms with Crippen LogP contribution in [0.4, 0.5) is 0 Å². The number of hydrogen-bond acceptors (Lipinski definition) is 2. The normalized spacial score (nSPS) is 18.2. The van der Waals surface area contributed by atoms with Crippen LogP contribution in [0.15, 0.2) is 37.0 Å². The van der Waals surface area contributed by atoms with Crippen molar-refractivity contribution in [3.05, 3.63) is 37.0 Å². The maximum Gasteiger partial charge on any atom is 0.178 e. The smallest absolute Gasteiger partial charge is 0.178 e. The zero-order chi connectivity index (χ0) is 9.73. The molecule has 0 atom stereocenters. The van der Waals surface area contributed by atoms with E-state index in [9.17, 15) is 4.79 Å². The number of hydrogen-bond donors (Lipinski definition) is 0. The van der Waals surface area contributed by atoms with Crippen molar-refractivity contribution in [1.82, 2.24) is 0 Å². The Hall–Kier alpha value is -1.59. The average Bonchev–Trinajstić information content (AvgIpc) is 2.18. The number of allylic oxidation sites excluding steroid dienone is 2. The van der Waals surface area contributed by atoms with Crippen LogP contribution in [0.3, 0.4) is 0 Å². The van der Waals surface area contributed by atoms with Crippen LogP contribution in [0.1, 0.15) is 0 Å². The predicted octanol–water partition coefficient (Wildman–Crippen LogP) is 1.26. The van der Waals surface area contributed by atoms with E-state index < -0.39 is 5.60 Å². The molecule has 0 aromatic rings. The molecule has 2 heteroatoms. The van der Waals surface area contributed by atoms with Crippen LogP contribution in [-0.2, 0) is 9.53 Å². The molecule has 0 aromatic carbocycles. The van der Waals surface area contributed by atoms with Gasteiger partial charge in [0.15, 0.2) is 5.78 Å². The van der Waals surface area contributed by atoms with Gasteiger partial charge in [-0.3, -0.25) is 4.79 Å². The third kappa shape index (κ3) is 2.17. The van der Waals surface area contributed by atoms with Gasteiger partial charge in [-0.25, -0.2) is 0 Å². The first kappa shape index (κ1) is 9.50. The van der Waals surface area contributed by atoms with E-state index in [4.69, 9.17) is 11.2 Å². The molecule has 0 saturated carbocycles. The summed E-state index contributed by atoms with van der Waals surface area (Å²) in [5.74, 6) is 2.31. The number of rotatable bonds is 3. The van der Waals surface area contributed by atoms with E-state index in [1.54, 1.807) is 18.2 Å². The van der Waals surface area contributed by atoms with Gasteiger partial charge in [-0.15, -0.1) is 6.42 Å². The molecule has 1 aliphatic carbocycles. The lowest BCUT2D eigenvalue weighted by atomic mass is 9.97. The van der Waals surface area contributed by atoms with Crippen molar-refractivity contribution in [1.29, 1.82) is 0 Å². The van der Waals surface area contributed by atoms with E-state index in [0.29, 0.717) is 0 Å². The maximum absolute atomic E-state index is 10.8. The molecule has 66 valence electrons. The average molecular weight is 174 g/mol. The molecule has 0 bridgehead atoms. The van der Waals surface area contributed by atoms with Crippen LogP contribution in [0.25, 0.3) is 0 Å². The van der Waals surface area contributed by atoms with Crippen molar-refractivity contribution in [3.63, 3.8) is 0 Å². The van der Waals surface area contributed by atoms with Crippen molar-refractivity contribution in [2.75, 3.05) is 6.61 Å². The second kappa shape index (κ2) is 3.88. The first-order valence-corrected chi connectivity index (χ1v) is 3.86. The van der Waals surface area contributed by atoms with Crippen molar-refractivity contribution in [2.24, 2.45) is 0 Å². The molecule has 0 fully saturated rings. The minimum Gasteiger partial charge on any atom is -0.350 e. The molecule has 1 rings (SSSR count). The highest BCUT2D eigenvalue weighted by atomic mass is 16.5. The van der Waals surface area contributed by atoms with Gasteiger partial charge in [0.1, 0.15) is 12.2 Å². The summed E-state index contributed by atoms with van der Waals surface area (Å²) in [5.41, 5.74) is -0.708. The fraction of sp³-hybridized carbons (Fsp3) is 0.182. The lowest BCUT2D eigenvalue weighted by Gasteiger charge is -2.24. The van der Waals surface area contributed by atoms with Crippen LogP contribution in [-0.4, -0.2) is 18.0 Å². The van der Waals surface area contributed by atoms with Gasteiger partial charge in [-0.05, 0) is 24.3 Å². The zero-order valence-electron chi connectivity index (χ0n) is 7.19. The molecule has 13 heavy (non-hydrogen) atoms. The van der Waals surface area contributed by atoms with Gasteiger partial charge < -0.3 is 4.74 Å². The Bertz CT molecular complexity index is 299. The Morgan fingerprint density at radius 2 is 2.23 bits per heavy atom. The molecule has 0 spiro atoms. The third-order valence-corrected chi connectivity index (χ3v) is 1.74. The van der Waals surface area contributed by atoms with Gasteiger partial charge in [-0.1, -0.05) is 18.6 Å². The van der Waals surface area contributed by atoms with E-state index in [-0.39, 0.29) is 12.4 Å². The Morgan fingerprint density at radius 3 is 2.69 bits per heavy atom. The Labute approximate surface area is 77.6 Å². The predicted molar refractivity (Wildman–Crippen MR) is 51.0 cm³/mol. The lowest BCUT2D eigenvalue weighted by Crippen LogP contribution is -2.27. The van der Waals surface area contributed by atoms with Gasteiger partial charge in [-0.2, -0.15) is 0 Å². The van der Waals surface area contributed by atoms with Gasteiger partial charge in [0, 0.05) is 0 Å². The molecular formula is C11H10O2. The summed E-state index contributed by atoms with van der Waals surface area (Å²) in [6.07, 6.45) is 12.8. The third-order valence-electron chi connectivity index (χ3n) is 1.74. The van der Waals surface area contributed by atoms with Crippen molar-refractivity contribution >= 4 is 5.78 Å². The highest BCUT2D eigenvalue weighted by Gasteiger charge is 2.22. The van der Waals surface area contributed by atoms with Gasteiger partial charge in [0.25, 0.3) is 0 Å². The minimum absolute atomic E-state index is 0.0539. The molecule has 0 aliphatic heterocycles. The van der Waals surface area contributed by atoms with E-state index in [2.05, 4.69) is 12.5 Å². The zero-order valence-corrected chi connectivity index (χ0v) is 7.19. The Kier molecular flexibility index (Phi) is 2.84. The molecule has 0 N–H and O–H groups in total. The fourth-order valence-corrected chi connectivity index (χ4v) is 0.994. The van der Waals surface area contributed by atoms with Crippen LogP contribution >= 0.6 is 0 Å². The number of ketones is 1. The summed E-state index contributed by atoms with van der Waals surface area (Å²) in [6.45, 7) is 3.82. The first-order chi connectivity index (χ1) is 6.22. The standard InChI is InChI=1S/C11H10O2/c1-3-9-13-11(4-2)7-5-10(12)6-8-11/h1,4-8H,2,9H2. The summed E-state index contributed by atoms with van der Waals surface area (Å²) in [6, 6.07) is 0. The highest BCUT2D eigenvalue weighted by molar-refractivity contribution is 6.00. The van der Waals surface area contributed by atoms with Gasteiger partial charge in [0.05, 0.1) is 0 Å². The van der Waals surface area contributed by atoms with Crippen molar-refractivity contribution in [2.45, 2.75) is 5.60 Å². The second-order valence-corrected chi connectivity index (χ2v) is 2.62. The van der Waals surface area contributed by atoms with Crippen molar-refractivity contribution in [3.8, 4) is 12.3 Å². The topological polar surface area (TPSA) is 26.3 Å². The molecule has 0 unspecified atom stereocenters. The maximum atomic E-state index is 10.8. The molecule has 0 heterocycles. The summed E-state index contributed by atoms with van der Waals surface area (Å²) >= 11 is 0. The molecule has 0 saturated heterocycles.